The van der Waals surface area contributed by atoms with E-state index in [0.717, 1.165) is 20.9 Å². The quantitative estimate of drug-likeness (QED) is 0.793. The van der Waals surface area contributed by atoms with Crippen molar-refractivity contribution in [2.45, 2.75) is 6.92 Å². The first-order valence-corrected chi connectivity index (χ1v) is 5.55. The van der Waals surface area contributed by atoms with Crippen molar-refractivity contribution in [2.75, 3.05) is 7.11 Å². The third-order valence-corrected chi connectivity index (χ3v) is 3.01. The molecule has 0 aliphatic rings. The SMILES string of the molecule is COc1cc2c(Br)cc(C)cc2nc1C=O. The van der Waals surface area contributed by atoms with E-state index in [1.54, 1.807) is 0 Å². The van der Waals surface area contributed by atoms with E-state index in [1.807, 2.05) is 25.1 Å². The van der Waals surface area contributed by atoms with Gasteiger partial charge in [0.25, 0.3) is 0 Å². The molecule has 3 nitrogen and oxygen atoms in total. The molecule has 1 aromatic carbocycles. The predicted molar refractivity (Wildman–Crippen MR) is 66.1 cm³/mol. The zero-order valence-corrected chi connectivity index (χ0v) is 10.5. The Morgan fingerprint density at radius 2 is 2.12 bits per heavy atom. The number of ether oxygens (including phenoxy) is 1. The summed E-state index contributed by atoms with van der Waals surface area (Å²) in [6.45, 7) is 1.98. The van der Waals surface area contributed by atoms with Gasteiger partial charge in [-0.25, -0.2) is 4.98 Å². The normalized spacial score (nSPS) is 10.4. The maximum atomic E-state index is 10.8. The fraction of sp³-hybridized carbons (Fsp3) is 0.167. The lowest BCUT2D eigenvalue weighted by Crippen LogP contribution is -1.95. The monoisotopic (exact) mass is 279 g/mol. The summed E-state index contributed by atoms with van der Waals surface area (Å²) >= 11 is 3.47. The molecule has 0 fully saturated rings. The van der Waals surface area contributed by atoms with Gasteiger partial charge >= 0.3 is 0 Å². The topological polar surface area (TPSA) is 39.2 Å². The third kappa shape index (κ3) is 1.80. The Balaban J connectivity index is 2.83. The molecule has 0 radical (unpaired) electrons. The minimum atomic E-state index is 0.326. The standard InChI is InChI=1S/C12H10BrNO2/c1-7-3-9(13)8-5-12(16-2)11(6-15)14-10(8)4-7/h3-6H,1-2H3. The van der Waals surface area contributed by atoms with Crippen molar-refractivity contribution in [2.24, 2.45) is 0 Å². The smallest absolute Gasteiger partial charge is 0.172 e. The number of hydrogen-bond acceptors (Lipinski definition) is 3. The molecule has 0 atom stereocenters. The molecule has 16 heavy (non-hydrogen) atoms. The molecular formula is C12H10BrNO2. The van der Waals surface area contributed by atoms with Crippen LogP contribution >= 0.6 is 15.9 Å². The molecule has 82 valence electrons. The molecule has 1 aromatic heterocycles. The molecule has 0 saturated carbocycles. The second-order valence-electron chi connectivity index (χ2n) is 3.51. The van der Waals surface area contributed by atoms with Gasteiger partial charge < -0.3 is 4.74 Å². The number of carbonyl (C=O) groups is 1. The summed E-state index contributed by atoms with van der Waals surface area (Å²) < 4.78 is 6.06. The average molecular weight is 280 g/mol. The summed E-state index contributed by atoms with van der Waals surface area (Å²) in [6, 6.07) is 5.76. The van der Waals surface area contributed by atoms with Crippen LogP contribution in [0.5, 0.6) is 5.75 Å². The van der Waals surface area contributed by atoms with Gasteiger partial charge in [0.2, 0.25) is 0 Å². The second-order valence-corrected chi connectivity index (χ2v) is 4.36. The van der Waals surface area contributed by atoms with Gasteiger partial charge in [-0.3, -0.25) is 4.79 Å². The van der Waals surface area contributed by atoms with Crippen LogP contribution in [0.3, 0.4) is 0 Å². The van der Waals surface area contributed by atoms with Crippen LogP contribution in [0, 0.1) is 6.92 Å². The largest absolute Gasteiger partial charge is 0.494 e. The molecule has 1 heterocycles. The number of fused-ring (bicyclic) bond motifs is 1. The minimum Gasteiger partial charge on any atom is -0.494 e. The molecule has 0 aliphatic carbocycles. The van der Waals surface area contributed by atoms with Crippen LogP contribution in [0.15, 0.2) is 22.7 Å². The van der Waals surface area contributed by atoms with Gasteiger partial charge in [0.1, 0.15) is 11.4 Å². The Kier molecular flexibility index (Phi) is 2.92. The van der Waals surface area contributed by atoms with Gasteiger partial charge in [0, 0.05) is 9.86 Å². The Morgan fingerprint density at radius 1 is 1.38 bits per heavy atom. The third-order valence-electron chi connectivity index (χ3n) is 2.35. The van der Waals surface area contributed by atoms with Crippen molar-refractivity contribution in [1.82, 2.24) is 4.98 Å². The Morgan fingerprint density at radius 3 is 2.75 bits per heavy atom. The first kappa shape index (κ1) is 11.1. The maximum absolute atomic E-state index is 10.8. The highest BCUT2D eigenvalue weighted by atomic mass is 79.9. The molecule has 4 heteroatoms. The molecule has 0 spiro atoms. The zero-order valence-electron chi connectivity index (χ0n) is 8.95. The fourth-order valence-electron chi connectivity index (χ4n) is 1.61. The lowest BCUT2D eigenvalue weighted by molar-refractivity contribution is 0.111. The Labute approximate surface area is 102 Å². The number of rotatable bonds is 2. The first-order valence-electron chi connectivity index (χ1n) is 4.75. The number of aryl methyl sites for hydroxylation is 1. The van der Waals surface area contributed by atoms with E-state index in [4.69, 9.17) is 4.74 Å². The van der Waals surface area contributed by atoms with Gasteiger partial charge in [-0.2, -0.15) is 0 Å². The lowest BCUT2D eigenvalue weighted by atomic mass is 10.1. The number of carbonyl (C=O) groups excluding carboxylic acids is 1. The molecule has 0 aliphatic heterocycles. The first-order chi connectivity index (χ1) is 7.65. The molecule has 0 amide bonds. The Bertz CT molecular complexity index is 566. The van der Waals surface area contributed by atoms with Crippen LogP contribution in [0.2, 0.25) is 0 Å². The van der Waals surface area contributed by atoms with Crippen molar-refractivity contribution in [3.63, 3.8) is 0 Å². The van der Waals surface area contributed by atoms with E-state index in [0.29, 0.717) is 17.7 Å². The van der Waals surface area contributed by atoms with E-state index in [9.17, 15) is 4.79 Å². The Hall–Kier alpha value is -1.42. The highest BCUT2D eigenvalue weighted by molar-refractivity contribution is 9.10. The van der Waals surface area contributed by atoms with Crippen molar-refractivity contribution in [1.29, 1.82) is 0 Å². The van der Waals surface area contributed by atoms with Crippen molar-refractivity contribution in [3.8, 4) is 5.75 Å². The number of pyridine rings is 1. The summed E-state index contributed by atoms with van der Waals surface area (Å²) in [5.74, 6) is 0.493. The number of hydrogen-bond donors (Lipinski definition) is 0. The van der Waals surface area contributed by atoms with Crippen molar-refractivity contribution in [3.05, 3.63) is 33.9 Å². The molecule has 0 N–H and O–H groups in total. The van der Waals surface area contributed by atoms with Gasteiger partial charge in [0.15, 0.2) is 6.29 Å². The molecule has 2 aromatic rings. The number of benzene rings is 1. The summed E-state index contributed by atoms with van der Waals surface area (Å²) in [6.07, 6.45) is 0.703. The molecule has 0 unspecified atom stereocenters. The molecular weight excluding hydrogens is 270 g/mol. The maximum Gasteiger partial charge on any atom is 0.172 e. The van der Waals surface area contributed by atoms with Crippen LogP contribution in [-0.2, 0) is 0 Å². The van der Waals surface area contributed by atoms with Crippen LogP contribution in [0.25, 0.3) is 10.9 Å². The van der Waals surface area contributed by atoms with Crippen LogP contribution in [-0.4, -0.2) is 18.4 Å². The van der Waals surface area contributed by atoms with Crippen LogP contribution in [0.1, 0.15) is 16.1 Å². The van der Waals surface area contributed by atoms with Gasteiger partial charge in [-0.05, 0) is 30.7 Å². The minimum absolute atomic E-state index is 0.326. The predicted octanol–water partition coefficient (Wildman–Crippen LogP) is 3.13. The van der Waals surface area contributed by atoms with E-state index < -0.39 is 0 Å². The second kappa shape index (κ2) is 4.22. The number of methoxy groups -OCH3 is 1. The van der Waals surface area contributed by atoms with E-state index in [1.165, 1.54) is 7.11 Å². The van der Waals surface area contributed by atoms with E-state index in [-0.39, 0.29) is 0 Å². The van der Waals surface area contributed by atoms with Gasteiger partial charge in [0.05, 0.1) is 12.6 Å². The summed E-state index contributed by atoms with van der Waals surface area (Å²) in [4.78, 5) is 15.1. The van der Waals surface area contributed by atoms with E-state index >= 15 is 0 Å². The van der Waals surface area contributed by atoms with Crippen LogP contribution < -0.4 is 4.74 Å². The molecule has 0 saturated heterocycles. The number of nitrogens with zero attached hydrogens (tertiary/aromatic N) is 1. The van der Waals surface area contributed by atoms with Gasteiger partial charge in [-0.1, -0.05) is 15.9 Å². The summed E-state index contributed by atoms with van der Waals surface area (Å²) in [7, 11) is 1.53. The van der Waals surface area contributed by atoms with Gasteiger partial charge in [-0.15, -0.1) is 0 Å². The summed E-state index contributed by atoms with van der Waals surface area (Å²) in [5.41, 5.74) is 2.20. The average Bonchev–Trinajstić information content (AvgIpc) is 2.27. The lowest BCUT2D eigenvalue weighted by Gasteiger charge is -2.07. The number of halogens is 1. The fourth-order valence-corrected chi connectivity index (χ4v) is 2.29. The molecule has 2 rings (SSSR count). The molecule has 0 bridgehead atoms. The van der Waals surface area contributed by atoms with Crippen LogP contribution in [0.4, 0.5) is 0 Å². The van der Waals surface area contributed by atoms with Crippen molar-refractivity contribution >= 4 is 33.1 Å². The highest BCUT2D eigenvalue weighted by Gasteiger charge is 2.09. The van der Waals surface area contributed by atoms with E-state index in [2.05, 4.69) is 20.9 Å². The van der Waals surface area contributed by atoms with Crippen molar-refractivity contribution < 1.29 is 9.53 Å². The summed E-state index contributed by atoms with van der Waals surface area (Å²) in [5, 5.41) is 0.938. The number of aldehydes is 1. The highest BCUT2D eigenvalue weighted by Crippen LogP contribution is 2.29. The zero-order chi connectivity index (χ0) is 11.7. The number of aromatic nitrogens is 1.